The monoisotopic (exact) mass is 334 g/mol. The molecule has 0 saturated carbocycles. The molecule has 3 rings (SSSR count). The lowest BCUT2D eigenvalue weighted by Crippen LogP contribution is -2.27. The van der Waals surface area contributed by atoms with E-state index in [4.69, 9.17) is 0 Å². The van der Waals surface area contributed by atoms with Crippen molar-refractivity contribution in [2.24, 2.45) is 0 Å². The first-order valence-corrected chi connectivity index (χ1v) is 8.82. The molecule has 1 aromatic carbocycles. The highest BCUT2D eigenvalue weighted by molar-refractivity contribution is 5.81. The van der Waals surface area contributed by atoms with Crippen LogP contribution in [0, 0.1) is 0 Å². The molecule has 0 fully saturated rings. The maximum Gasteiger partial charge on any atom is 0.0705 e. The van der Waals surface area contributed by atoms with E-state index in [1.807, 2.05) is 24.5 Å². The highest BCUT2D eigenvalue weighted by Gasteiger charge is 2.10. The summed E-state index contributed by atoms with van der Waals surface area (Å²) in [5.41, 5.74) is 3.50. The van der Waals surface area contributed by atoms with E-state index in [9.17, 15) is 0 Å². The molecule has 130 valence electrons. The summed E-state index contributed by atoms with van der Waals surface area (Å²) in [7, 11) is 4.25. The third kappa shape index (κ3) is 5.08. The predicted octanol–water partition coefficient (Wildman–Crippen LogP) is 3.58. The molecule has 0 bridgehead atoms. The summed E-state index contributed by atoms with van der Waals surface area (Å²) in [4.78, 5) is 13.7. The Morgan fingerprint density at radius 2 is 1.68 bits per heavy atom. The van der Waals surface area contributed by atoms with Crippen molar-refractivity contribution in [2.45, 2.75) is 19.5 Å². The molecule has 0 aliphatic rings. The Kier molecular flexibility index (Phi) is 6.09. The maximum absolute atomic E-state index is 4.50. The van der Waals surface area contributed by atoms with Gasteiger partial charge in [0.25, 0.3) is 0 Å². The fourth-order valence-corrected chi connectivity index (χ4v) is 3.09. The van der Waals surface area contributed by atoms with Crippen LogP contribution >= 0.6 is 0 Å². The zero-order valence-corrected chi connectivity index (χ0v) is 15.1. The standard InChI is InChI=1S/C21H26N4/c1-24(2)14-7-15-25(17-19-9-3-4-12-22-19)16-18-8-5-11-21-20(18)10-6-13-23-21/h3-6,8-13H,7,14-17H2,1-2H3. The molecule has 0 N–H and O–H groups in total. The molecule has 0 saturated heterocycles. The second-order valence-electron chi connectivity index (χ2n) is 6.68. The van der Waals surface area contributed by atoms with Crippen LogP contribution in [-0.4, -0.2) is 47.0 Å². The molecule has 3 aromatic rings. The van der Waals surface area contributed by atoms with Crippen LogP contribution < -0.4 is 0 Å². The van der Waals surface area contributed by atoms with Crippen LogP contribution in [0.15, 0.2) is 60.9 Å². The number of hydrogen-bond donors (Lipinski definition) is 0. The van der Waals surface area contributed by atoms with E-state index in [1.165, 1.54) is 10.9 Å². The molecular formula is C21H26N4. The van der Waals surface area contributed by atoms with Gasteiger partial charge in [-0.25, -0.2) is 0 Å². The van der Waals surface area contributed by atoms with Gasteiger partial charge in [-0.2, -0.15) is 0 Å². The van der Waals surface area contributed by atoms with Gasteiger partial charge in [-0.05, 0) is 56.9 Å². The third-order valence-electron chi connectivity index (χ3n) is 4.32. The summed E-state index contributed by atoms with van der Waals surface area (Å²) in [6.45, 7) is 3.92. The molecule has 0 aliphatic heterocycles. The van der Waals surface area contributed by atoms with Crippen LogP contribution in [0.2, 0.25) is 0 Å². The minimum Gasteiger partial charge on any atom is -0.309 e. The molecule has 0 unspecified atom stereocenters. The highest BCUT2D eigenvalue weighted by atomic mass is 15.1. The molecule has 2 heterocycles. The van der Waals surface area contributed by atoms with Crippen LogP contribution in [0.1, 0.15) is 17.7 Å². The quantitative estimate of drug-likeness (QED) is 0.630. The van der Waals surface area contributed by atoms with Gasteiger partial charge in [0.15, 0.2) is 0 Å². The maximum atomic E-state index is 4.50. The Balaban J connectivity index is 1.78. The van der Waals surface area contributed by atoms with Crippen molar-refractivity contribution in [3.63, 3.8) is 0 Å². The van der Waals surface area contributed by atoms with Gasteiger partial charge in [0.1, 0.15) is 0 Å². The summed E-state index contributed by atoms with van der Waals surface area (Å²) >= 11 is 0. The molecule has 0 aliphatic carbocycles. The zero-order chi connectivity index (χ0) is 17.5. The number of pyridine rings is 2. The molecule has 0 radical (unpaired) electrons. The van der Waals surface area contributed by atoms with E-state index in [1.54, 1.807) is 0 Å². The van der Waals surface area contributed by atoms with Crippen molar-refractivity contribution >= 4 is 10.9 Å². The lowest BCUT2D eigenvalue weighted by atomic mass is 10.1. The van der Waals surface area contributed by atoms with Crippen molar-refractivity contribution in [1.29, 1.82) is 0 Å². The van der Waals surface area contributed by atoms with Crippen molar-refractivity contribution in [1.82, 2.24) is 19.8 Å². The summed E-state index contributed by atoms with van der Waals surface area (Å²) in [5, 5.41) is 1.24. The number of aromatic nitrogens is 2. The Labute approximate surface area is 150 Å². The van der Waals surface area contributed by atoms with E-state index in [0.29, 0.717) is 0 Å². The van der Waals surface area contributed by atoms with E-state index in [-0.39, 0.29) is 0 Å². The molecule has 2 aromatic heterocycles. The number of fused-ring (bicyclic) bond motifs is 1. The van der Waals surface area contributed by atoms with Gasteiger partial charge in [-0.15, -0.1) is 0 Å². The first kappa shape index (κ1) is 17.5. The average Bonchev–Trinajstić information content (AvgIpc) is 2.62. The summed E-state index contributed by atoms with van der Waals surface area (Å²) < 4.78 is 0. The number of benzene rings is 1. The SMILES string of the molecule is CN(C)CCCN(Cc1ccccn1)Cc1cccc2ncccc12. The Morgan fingerprint density at radius 3 is 2.48 bits per heavy atom. The smallest absolute Gasteiger partial charge is 0.0705 e. The van der Waals surface area contributed by atoms with Crippen LogP contribution in [0.4, 0.5) is 0 Å². The molecule has 4 heteroatoms. The van der Waals surface area contributed by atoms with Gasteiger partial charge in [-0.3, -0.25) is 14.9 Å². The number of rotatable bonds is 8. The molecular weight excluding hydrogens is 308 g/mol. The van der Waals surface area contributed by atoms with E-state index < -0.39 is 0 Å². The van der Waals surface area contributed by atoms with Crippen LogP contribution in [-0.2, 0) is 13.1 Å². The summed E-state index contributed by atoms with van der Waals surface area (Å²) in [5.74, 6) is 0. The first-order valence-electron chi connectivity index (χ1n) is 8.82. The van der Waals surface area contributed by atoms with E-state index in [2.05, 4.69) is 70.3 Å². The number of hydrogen-bond acceptors (Lipinski definition) is 4. The van der Waals surface area contributed by atoms with Gasteiger partial charge in [-0.1, -0.05) is 24.3 Å². The molecule has 0 spiro atoms. The van der Waals surface area contributed by atoms with Crippen LogP contribution in [0.5, 0.6) is 0 Å². The minimum atomic E-state index is 0.866. The second kappa shape index (κ2) is 8.70. The van der Waals surface area contributed by atoms with Gasteiger partial charge < -0.3 is 4.90 Å². The molecule has 25 heavy (non-hydrogen) atoms. The lowest BCUT2D eigenvalue weighted by Gasteiger charge is -2.23. The van der Waals surface area contributed by atoms with Crippen molar-refractivity contribution < 1.29 is 0 Å². The normalized spacial score (nSPS) is 11.5. The fourth-order valence-electron chi connectivity index (χ4n) is 3.09. The highest BCUT2D eigenvalue weighted by Crippen LogP contribution is 2.19. The fraction of sp³-hybridized carbons (Fsp3) is 0.333. The first-order chi connectivity index (χ1) is 12.2. The van der Waals surface area contributed by atoms with Crippen molar-refractivity contribution in [3.8, 4) is 0 Å². The predicted molar refractivity (Wildman–Crippen MR) is 103 cm³/mol. The molecule has 0 amide bonds. The Bertz CT molecular complexity index is 781. The van der Waals surface area contributed by atoms with Crippen LogP contribution in [0.25, 0.3) is 10.9 Å². The zero-order valence-electron chi connectivity index (χ0n) is 15.1. The Morgan fingerprint density at radius 1 is 0.800 bits per heavy atom. The largest absolute Gasteiger partial charge is 0.309 e. The average molecular weight is 334 g/mol. The number of nitrogens with zero attached hydrogens (tertiary/aromatic N) is 4. The summed E-state index contributed by atoms with van der Waals surface area (Å²) in [6, 6.07) is 16.7. The second-order valence-corrected chi connectivity index (χ2v) is 6.68. The van der Waals surface area contributed by atoms with Crippen molar-refractivity contribution in [3.05, 3.63) is 72.2 Å². The molecule has 4 nitrogen and oxygen atoms in total. The van der Waals surface area contributed by atoms with Gasteiger partial charge in [0.2, 0.25) is 0 Å². The van der Waals surface area contributed by atoms with E-state index >= 15 is 0 Å². The van der Waals surface area contributed by atoms with E-state index in [0.717, 1.165) is 43.8 Å². The van der Waals surface area contributed by atoms with Crippen molar-refractivity contribution in [2.75, 3.05) is 27.2 Å². The third-order valence-corrected chi connectivity index (χ3v) is 4.32. The minimum absolute atomic E-state index is 0.866. The Hall–Kier alpha value is -2.30. The van der Waals surface area contributed by atoms with Gasteiger partial charge in [0.05, 0.1) is 11.2 Å². The lowest BCUT2D eigenvalue weighted by molar-refractivity contribution is 0.238. The molecule has 0 atom stereocenters. The summed E-state index contributed by atoms with van der Waals surface area (Å²) in [6.07, 6.45) is 4.87. The topological polar surface area (TPSA) is 32.3 Å². The van der Waals surface area contributed by atoms with Crippen LogP contribution in [0.3, 0.4) is 0 Å². The van der Waals surface area contributed by atoms with Gasteiger partial charge in [0, 0.05) is 37.4 Å². The van der Waals surface area contributed by atoms with Gasteiger partial charge >= 0.3 is 0 Å².